The fourth-order valence-corrected chi connectivity index (χ4v) is 3.41. The van der Waals surface area contributed by atoms with Crippen LogP contribution >= 0.6 is 11.3 Å². The Morgan fingerprint density at radius 3 is 2.58 bits per heavy atom. The summed E-state index contributed by atoms with van der Waals surface area (Å²) in [7, 11) is 3.81. The zero-order chi connectivity index (χ0) is 18.0. The van der Waals surface area contributed by atoms with Crippen LogP contribution in [-0.4, -0.2) is 41.1 Å². The summed E-state index contributed by atoms with van der Waals surface area (Å²) in [4.78, 5) is 33.4. The summed E-state index contributed by atoms with van der Waals surface area (Å²) in [6.45, 7) is 8.58. The number of carbonyl (C=O) groups excluding carboxylic acids is 1. The molecular formula is C17H25N3O3S. The molecule has 0 N–H and O–H groups in total. The van der Waals surface area contributed by atoms with Gasteiger partial charge in [0.2, 0.25) is 0 Å². The first-order valence-corrected chi connectivity index (χ1v) is 8.82. The molecule has 0 aliphatic carbocycles. The molecule has 132 valence electrons. The van der Waals surface area contributed by atoms with Gasteiger partial charge in [0, 0.05) is 4.88 Å². The number of hydrogen-bond acceptors (Lipinski definition) is 6. The minimum atomic E-state index is -0.406. The zero-order valence-electron chi connectivity index (χ0n) is 15.2. The number of esters is 1. The van der Waals surface area contributed by atoms with Crippen molar-refractivity contribution in [1.82, 2.24) is 14.5 Å². The van der Waals surface area contributed by atoms with Crippen LogP contribution in [0, 0.1) is 19.8 Å². The molecule has 7 heteroatoms. The Hall–Kier alpha value is -1.73. The van der Waals surface area contributed by atoms with Gasteiger partial charge in [0.05, 0.1) is 18.5 Å². The van der Waals surface area contributed by atoms with Gasteiger partial charge in [0.25, 0.3) is 5.56 Å². The number of thiophene rings is 1. The lowest BCUT2D eigenvalue weighted by Crippen LogP contribution is -2.31. The molecule has 0 bridgehead atoms. The van der Waals surface area contributed by atoms with Crippen molar-refractivity contribution in [3.63, 3.8) is 0 Å². The maximum atomic E-state index is 12.9. The number of fused-ring (bicyclic) bond motifs is 1. The smallest absolute Gasteiger partial charge is 0.326 e. The Labute approximate surface area is 146 Å². The van der Waals surface area contributed by atoms with E-state index >= 15 is 0 Å². The first-order valence-electron chi connectivity index (χ1n) is 8.00. The van der Waals surface area contributed by atoms with Gasteiger partial charge >= 0.3 is 5.97 Å². The molecule has 0 radical (unpaired) electrons. The van der Waals surface area contributed by atoms with Gasteiger partial charge in [-0.15, -0.1) is 11.3 Å². The summed E-state index contributed by atoms with van der Waals surface area (Å²) in [6, 6.07) is 0. The van der Waals surface area contributed by atoms with Crippen molar-refractivity contribution in [2.45, 2.75) is 40.8 Å². The van der Waals surface area contributed by atoms with E-state index in [0.717, 1.165) is 15.3 Å². The monoisotopic (exact) mass is 351 g/mol. The summed E-state index contributed by atoms with van der Waals surface area (Å²) < 4.78 is 6.68. The third-order valence-electron chi connectivity index (χ3n) is 3.69. The fraction of sp³-hybridized carbons (Fsp3) is 0.588. The van der Waals surface area contributed by atoms with E-state index in [2.05, 4.69) is 4.98 Å². The third kappa shape index (κ3) is 4.02. The molecule has 2 aromatic heterocycles. The van der Waals surface area contributed by atoms with E-state index in [4.69, 9.17) is 4.74 Å². The van der Waals surface area contributed by atoms with Crippen molar-refractivity contribution in [2.75, 3.05) is 20.7 Å². The van der Waals surface area contributed by atoms with Gasteiger partial charge in [-0.1, -0.05) is 13.8 Å². The molecule has 0 amide bonds. The minimum absolute atomic E-state index is 0.105. The molecule has 0 atom stereocenters. The Morgan fingerprint density at radius 2 is 2.00 bits per heavy atom. The largest absolute Gasteiger partial charge is 0.464 e. The van der Waals surface area contributed by atoms with Crippen molar-refractivity contribution in [3.8, 4) is 0 Å². The van der Waals surface area contributed by atoms with Crippen molar-refractivity contribution in [2.24, 2.45) is 5.92 Å². The van der Waals surface area contributed by atoms with E-state index < -0.39 is 5.97 Å². The van der Waals surface area contributed by atoms with Gasteiger partial charge < -0.3 is 9.64 Å². The lowest BCUT2D eigenvalue weighted by Gasteiger charge is -2.16. The molecule has 0 aromatic carbocycles. The van der Waals surface area contributed by atoms with Gasteiger partial charge in [-0.25, -0.2) is 4.98 Å². The quantitative estimate of drug-likeness (QED) is 0.748. The summed E-state index contributed by atoms with van der Waals surface area (Å²) in [5.74, 6) is 0.436. The normalized spacial score (nSPS) is 11.7. The SMILES string of the molecule is Cc1sc2nc(CN(C)C)n(CC(=O)OCC(C)C)c(=O)c2c1C. The van der Waals surface area contributed by atoms with Gasteiger partial charge in [0.1, 0.15) is 17.2 Å². The van der Waals surface area contributed by atoms with Crippen LogP contribution in [0.5, 0.6) is 0 Å². The van der Waals surface area contributed by atoms with Crippen molar-refractivity contribution in [3.05, 3.63) is 26.6 Å². The van der Waals surface area contributed by atoms with Gasteiger partial charge in [-0.3, -0.25) is 14.2 Å². The van der Waals surface area contributed by atoms with Crippen LogP contribution in [-0.2, 0) is 22.6 Å². The van der Waals surface area contributed by atoms with E-state index in [-0.39, 0.29) is 18.0 Å². The van der Waals surface area contributed by atoms with E-state index in [0.29, 0.717) is 24.4 Å². The summed E-state index contributed by atoms with van der Waals surface area (Å²) in [6.07, 6.45) is 0. The van der Waals surface area contributed by atoms with Crippen LogP contribution in [0.25, 0.3) is 10.2 Å². The Kier molecular flexibility index (Phi) is 5.77. The minimum Gasteiger partial charge on any atom is -0.464 e. The van der Waals surface area contributed by atoms with E-state index in [1.807, 2.05) is 46.7 Å². The van der Waals surface area contributed by atoms with Crippen molar-refractivity contribution < 1.29 is 9.53 Å². The molecule has 2 rings (SSSR count). The second-order valence-electron chi connectivity index (χ2n) is 6.70. The van der Waals surface area contributed by atoms with Gasteiger partial charge in [-0.2, -0.15) is 0 Å². The van der Waals surface area contributed by atoms with Crippen LogP contribution in [0.3, 0.4) is 0 Å². The van der Waals surface area contributed by atoms with Crippen molar-refractivity contribution in [1.29, 1.82) is 0 Å². The fourth-order valence-electron chi connectivity index (χ4n) is 2.37. The highest BCUT2D eigenvalue weighted by Crippen LogP contribution is 2.26. The number of ether oxygens (including phenoxy) is 1. The molecule has 2 heterocycles. The molecule has 24 heavy (non-hydrogen) atoms. The lowest BCUT2D eigenvalue weighted by atomic mass is 10.2. The summed E-state index contributed by atoms with van der Waals surface area (Å²) in [5.41, 5.74) is 0.772. The van der Waals surface area contributed by atoms with Crippen LogP contribution < -0.4 is 5.56 Å². The molecule has 0 aliphatic rings. The predicted octanol–water partition coefficient (Wildman–Crippen LogP) is 2.34. The molecule has 0 fully saturated rings. The molecule has 6 nitrogen and oxygen atoms in total. The highest BCUT2D eigenvalue weighted by atomic mass is 32.1. The summed E-state index contributed by atoms with van der Waals surface area (Å²) >= 11 is 1.52. The van der Waals surface area contributed by atoms with Gasteiger partial charge in [-0.05, 0) is 39.4 Å². The highest BCUT2D eigenvalue weighted by Gasteiger charge is 2.19. The van der Waals surface area contributed by atoms with E-state index in [1.54, 1.807) is 0 Å². The Morgan fingerprint density at radius 1 is 1.33 bits per heavy atom. The molecular weight excluding hydrogens is 326 g/mol. The van der Waals surface area contributed by atoms with Crippen LogP contribution in [0.4, 0.5) is 0 Å². The number of hydrogen-bond donors (Lipinski definition) is 0. The maximum Gasteiger partial charge on any atom is 0.326 e. The molecule has 0 spiro atoms. The molecule has 0 aliphatic heterocycles. The first-order chi connectivity index (χ1) is 11.2. The average molecular weight is 351 g/mol. The maximum absolute atomic E-state index is 12.9. The van der Waals surface area contributed by atoms with E-state index in [1.165, 1.54) is 15.9 Å². The summed E-state index contributed by atoms with van der Waals surface area (Å²) in [5, 5.41) is 0.608. The standard InChI is InChI=1S/C17H25N3O3S/c1-10(2)9-23-14(21)8-20-13(7-19(5)6)18-16-15(17(20)22)11(3)12(4)24-16/h10H,7-9H2,1-6H3. The Balaban J connectivity index is 2.48. The zero-order valence-corrected chi connectivity index (χ0v) is 16.0. The molecule has 0 saturated heterocycles. The third-order valence-corrected chi connectivity index (χ3v) is 4.79. The van der Waals surface area contributed by atoms with Crippen molar-refractivity contribution >= 4 is 27.5 Å². The number of nitrogens with zero attached hydrogens (tertiary/aromatic N) is 3. The second kappa shape index (κ2) is 7.44. The van der Waals surface area contributed by atoms with Crippen LogP contribution in [0.2, 0.25) is 0 Å². The molecule has 0 unspecified atom stereocenters. The second-order valence-corrected chi connectivity index (χ2v) is 7.90. The lowest BCUT2D eigenvalue weighted by molar-refractivity contribution is -0.145. The predicted molar refractivity (Wildman–Crippen MR) is 96.5 cm³/mol. The Bertz CT molecular complexity index is 805. The number of rotatable bonds is 6. The number of aromatic nitrogens is 2. The number of carbonyl (C=O) groups is 1. The van der Waals surface area contributed by atoms with Gasteiger partial charge in [0.15, 0.2) is 0 Å². The van der Waals surface area contributed by atoms with Crippen LogP contribution in [0.1, 0.15) is 30.1 Å². The highest BCUT2D eigenvalue weighted by molar-refractivity contribution is 7.18. The number of aryl methyl sites for hydroxylation is 2. The molecule has 2 aromatic rings. The van der Waals surface area contributed by atoms with E-state index in [9.17, 15) is 9.59 Å². The topological polar surface area (TPSA) is 64.4 Å². The first kappa shape index (κ1) is 18.6. The van der Waals surface area contributed by atoms with Crippen LogP contribution in [0.15, 0.2) is 4.79 Å². The average Bonchev–Trinajstić information content (AvgIpc) is 2.75. The molecule has 0 saturated carbocycles.